The summed E-state index contributed by atoms with van der Waals surface area (Å²) >= 11 is 0. The maximum atomic E-state index is 15.7. The van der Waals surface area contributed by atoms with Crippen molar-refractivity contribution in [3.8, 4) is 5.75 Å². The lowest BCUT2D eigenvalue weighted by Gasteiger charge is -2.44. The Hall–Kier alpha value is -2.72. The van der Waals surface area contributed by atoms with E-state index in [2.05, 4.69) is 16.8 Å². The van der Waals surface area contributed by atoms with Crippen molar-refractivity contribution in [2.75, 3.05) is 32.8 Å². The molecule has 1 N–H and O–H groups in total. The molecule has 0 saturated carbocycles. The third kappa shape index (κ3) is 5.63. The Morgan fingerprint density at radius 2 is 1.69 bits per heavy atom. The van der Waals surface area contributed by atoms with Gasteiger partial charge < -0.3 is 9.72 Å². The number of para-hydroxylation sites is 1. The first kappa shape index (κ1) is 27.8. The Labute approximate surface area is 223 Å². The van der Waals surface area contributed by atoms with Crippen LogP contribution in [-0.2, 0) is 6.42 Å². The minimum Gasteiger partial charge on any atom is -0.492 e. The largest absolute Gasteiger partial charge is 0.492 e. The first-order valence-corrected chi connectivity index (χ1v) is 13.3. The molecular weight excluding hydrogens is 520 g/mol. The van der Waals surface area contributed by atoms with Crippen molar-refractivity contribution in [2.24, 2.45) is 5.92 Å². The van der Waals surface area contributed by atoms with Crippen LogP contribution >= 0.6 is 0 Å². The summed E-state index contributed by atoms with van der Waals surface area (Å²) in [6, 6.07) is 5.13. The van der Waals surface area contributed by atoms with Crippen LogP contribution in [0.3, 0.4) is 0 Å². The van der Waals surface area contributed by atoms with Gasteiger partial charge >= 0.3 is 6.18 Å². The van der Waals surface area contributed by atoms with Crippen LogP contribution in [0.15, 0.2) is 36.4 Å². The van der Waals surface area contributed by atoms with Gasteiger partial charge in [-0.05, 0) is 37.8 Å². The number of hydrogen-bond donors (Lipinski definition) is 1. The molecule has 3 heterocycles. The van der Waals surface area contributed by atoms with Crippen LogP contribution in [0.4, 0.5) is 26.3 Å². The first-order valence-electron chi connectivity index (χ1n) is 13.3. The molecule has 2 aliphatic heterocycles. The fourth-order valence-corrected chi connectivity index (χ4v) is 5.90. The first-order chi connectivity index (χ1) is 18.4. The van der Waals surface area contributed by atoms with E-state index in [1.165, 1.54) is 0 Å². The van der Waals surface area contributed by atoms with Crippen molar-refractivity contribution in [2.45, 2.75) is 57.5 Å². The maximum Gasteiger partial charge on any atom is 0.404 e. The molecule has 0 aliphatic carbocycles. The van der Waals surface area contributed by atoms with Gasteiger partial charge in [-0.3, -0.25) is 9.80 Å². The van der Waals surface area contributed by atoms with Crippen LogP contribution in [0.25, 0.3) is 10.9 Å². The molecule has 212 valence electrons. The van der Waals surface area contributed by atoms with Gasteiger partial charge in [0, 0.05) is 60.5 Å². The number of ether oxygens (including phenoxy) is 1. The van der Waals surface area contributed by atoms with Gasteiger partial charge in [0.2, 0.25) is 0 Å². The van der Waals surface area contributed by atoms with E-state index in [1.54, 1.807) is 24.3 Å². The molecule has 3 aromatic rings. The minimum absolute atomic E-state index is 0.0428. The smallest absolute Gasteiger partial charge is 0.404 e. The highest BCUT2D eigenvalue weighted by atomic mass is 19.4. The molecule has 2 aliphatic rings. The zero-order valence-electron chi connectivity index (χ0n) is 22.2. The summed E-state index contributed by atoms with van der Waals surface area (Å²) in [7, 11) is 0. The van der Waals surface area contributed by atoms with Crippen LogP contribution in [-0.4, -0.2) is 65.5 Å². The highest BCUT2D eigenvalue weighted by Crippen LogP contribution is 2.47. The number of nitrogens with one attached hydrogen (secondary N) is 1. The number of benzene rings is 2. The Balaban J connectivity index is 1.53. The normalized spacial score (nSPS) is 21.3. The summed E-state index contributed by atoms with van der Waals surface area (Å²) in [5.41, 5.74) is -1.52. The van der Waals surface area contributed by atoms with E-state index in [0.717, 1.165) is 50.4 Å². The van der Waals surface area contributed by atoms with E-state index in [-0.39, 0.29) is 18.1 Å². The highest BCUT2D eigenvalue weighted by Gasteiger charge is 2.52. The van der Waals surface area contributed by atoms with Gasteiger partial charge in [-0.1, -0.05) is 31.5 Å². The standard InChI is InChI=1S/C29H33F6N3O/c1-4-17-14-37(15-17)9-10-39-18-11-21(30)25(22(31)12-18)27-26-20(19-7-5-6-8-23(19)36-26)13-24(29(33,34)35)38(27)16-28(2,3)32/h5-8,11-12,17,24,27,36H,4,9-10,13-16H2,1-3H3. The number of halogens is 6. The Kier molecular flexibility index (Phi) is 7.39. The number of likely N-dealkylation sites (tertiary alicyclic amines) is 1. The summed E-state index contributed by atoms with van der Waals surface area (Å²) in [5.74, 6) is -1.47. The zero-order valence-corrected chi connectivity index (χ0v) is 22.2. The highest BCUT2D eigenvalue weighted by molar-refractivity contribution is 5.85. The molecule has 2 aromatic carbocycles. The summed E-state index contributed by atoms with van der Waals surface area (Å²) in [5, 5.41) is 0.544. The Morgan fingerprint density at radius 3 is 2.31 bits per heavy atom. The predicted octanol–water partition coefficient (Wildman–Crippen LogP) is 6.79. The zero-order chi connectivity index (χ0) is 28.1. The van der Waals surface area contributed by atoms with Gasteiger partial charge in [0.05, 0.1) is 6.04 Å². The van der Waals surface area contributed by atoms with Crippen molar-refractivity contribution in [1.29, 1.82) is 0 Å². The number of aromatic amines is 1. The number of hydrogen-bond acceptors (Lipinski definition) is 3. The van der Waals surface area contributed by atoms with Gasteiger partial charge in [-0.2, -0.15) is 13.2 Å². The number of nitrogens with zero attached hydrogens (tertiary/aromatic N) is 2. The van der Waals surface area contributed by atoms with Crippen LogP contribution in [0, 0.1) is 17.6 Å². The maximum absolute atomic E-state index is 15.7. The molecule has 1 saturated heterocycles. The molecule has 39 heavy (non-hydrogen) atoms. The van der Waals surface area contributed by atoms with Gasteiger partial charge in [0.1, 0.15) is 35.7 Å². The van der Waals surface area contributed by atoms with Crippen molar-refractivity contribution in [3.05, 3.63) is 64.9 Å². The van der Waals surface area contributed by atoms with Crippen molar-refractivity contribution >= 4 is 10.9 Å². The molecule has 5 rings (SSSR count). The van der Waals surface area contributed by atoms with Gasteiger partial charge in [0.15, 0.2) is 0 Å². The molecule has 0 radical (unpaired) electrons. The van der Waals surface area contributed by atoms with Crippen LogP contribution in [0.2, 0.25) is 0 Å². The second kappa shape index (κ2) is 10.4. The van der Waals surface area contributed by atoms with Crippen LogP contribution in [0.1, 0.15) is 50.1 Å². The summed E-state index contributed by atoms with van der Waals surface area (Å²) in [6.45, 7) is 6.50. The number of alkyl halides is 4. The molecule has 0 amide bonds. The van der Waals surface area contributed by atoms with E-state index in [4.69, 9.17) is 4.74 Å². The predicted molar refractivity (Wildman–Crippen MR) is 138 cm³/mol. The van der Waals surface area contributed by atoms with Crippen molar-refractivity contribution < 1.29 is 31.1 Å². The molecule has 1 fully saturated rings. The lowest BCUT2D eigenvalue weighted by atomic mass is 9.86. The SMILES string of the molecule is CCC1CN(CCOc2cc(F)c(C3c4[nH]c5ccccc5c4CC(C(F)(F)F)N3CC(C)(C)F)c(F)c2)C1. The summed E-state index contributed by atoms with van der Waals surface area (Å²) < 4.78 is 95.2. The summed E-state index contributed by atoms with van der Waals surface area (Å²) in [6.07, 6.45) is -4.13. The molecule has 2 unspecified atom stereocenters. The third-order valence-corrected chi connectivity index (χ3v) is 7.80. The molecule has 1 aromatic heterocycles. The second-order valence-corrected chi connectivity index (χ2v) is 11.3. The van der Waals surface area contributed by atoms with E-state index in [1.807, 2.05) is 0 Å². The average Bonchev–Trinajstić information content (AvgIpc) is 3.17. The quantitative estimate of drug-likeness (QED) is 0.312. The van der Waals surface area contributed by atoms with E-state index in [0.29, 0.717) is 28.9 Å². The fourth-order valence-electron chi connectivity index (χ4n) is 5.90. The number of H-pyrrole nitrogens is 1. The number of aromatic nitrogens is 1. The topological polar surface area (TPSA) is 31.5 Å². The van der Waals surface area contributed by atoms with Crippen LogP contribution < -0.4 is 4.74 Å². The molecule has 10 heteroatoms. The monoisotopic (exact) mass is 553 g/mol. The second-order valence-electron chi connectivity index (χ2n) is 11.3. The summed E-state index contributed by atoms with van der Waals surface area (Å²) in [4.78, 5) is 6.11. The third-order valence-electron chi connectivity index (χ3n) is 7.80. The van der Waals surface area contributed by atoms with Gasteiger partial charge in [-0.25, -0.2) is 13.2 Å². The molecule has 4 nitrogen and oxygen atoms in total. The lowest BCUT2D eigenvalue weighted by molar-refractivity contribution is -0.195. The number of rotatable bonds is 8. The average molecular weight is 554 g/mol. The van der Waals surface area contributed by atoms with Gasteiger partial charge in [-0.15, -0.1) is 0 Å². The van der Waals surface area contributed by atoms with Gasteiger partial charge in [0.25, 0.3) is 0 Å². The molecule has 0 spiro atoms. The molecular formula is C29H33F6N3O. The van der Waals surface area contributed by atoms with Crippen LogP contribution in [0.5, 0.6) is 5.75 Å². The Bertz CT molecular complexity index is 1300. The van der Waals surface area contributed by atoms with Crippen molar-refractivity contribution in [1.82, 2.24) is 14.8 Å². The van der Waals surface area contributed by atoms with E-state index >= 15 is 8.78 Å². The Morgan fingerprint density at radius 1 is 1.03 bits per heavy atom. The van der Waals surface area contributed by atoms with E-state index < -0.39 is 54.1 Å². The van der Waals surface area contributed by atoms with Crippen molar-refractivity contribution in [3.63, 3.8) is 0 Å². The minimum atomic E-state index is -4.76. The molecule has 2 atom stereocenters. The fraction of sp³-hybridized carbons (Fsp3) is 0.517. The lowest BCUT2D eigenvalue weighted by Crippen LogP contribution is -2.55. The van der Waals surface area contributed by atoms with E-state index in [9.17, 15) is 17.6 Å². The molecule has 0 bridgehead atoms. The number of fused-ring (bicyclic) bond motifs is 3.